The van der Waals surface area contributed by atoms with E-state index in [1.54, 1.807) is 25.7 Å². The van der Waals surface area contributed by atoms with Gasteiger partial charge >= 0.3 is 11.9 Å². The molecule has 0 unspecified atom stereocenters. The van der Waals surface area contributed by atoms with E-state index in [4.69, 9.17) is 15.3 Å². The molecule has 1 aliphatic rings. The van der Waals surface area contributed by atoms with Crippen LogP contribution in [0.2, 0.25) is 0 Å². The maximum Gasteiger partial charge on any atom is 0.410 e. The van der Waals surface area contributed by atoms with Gasteiger partial charge in [-0.1, -0.05) is 12.1 Å². The molecule has 2 aromatic rings. The highest BCUT2D eigenvalue weighted by atomic mass is 32.2. The molecule has 0 atom stereocenters. The van der Waals surface area contributed by atoms with Crippen LogP contribution in [0.3, 0.4) is 0 Å². The van der Waals surface area contributed by atoms with Crippen LogP contribution in [0, 0.1) is 0 Å². The Labute approximate surface area is 237 Å². The highest BCUT2D eigenvalue weighted by Crippen LogP contribution is 2.35. The Morgan fingerprint density at radius 2 is 1.73 bits per heavy atom. The van der Waals surface area contributed by atoms with Gasteiger partial charge in [-0.3, -0.25) is 19.1 Å². The van der Waals surface area contributed by atoms with E-state index in [0.29, 0.717) is 18.4 Å². The largest absolute Gasteiger partial charge is 0.444 e. The van der Waals surface area contributed by atoms with Gasteiger partial charge in [-0.15, -0.1) is 0 Å². The number of likely N-dealkylation sites (tertiary alicyclic amines) is 1. The summed E-state index contributed by atoms with van der Waals surface area (Å²) in [4.78, 5) is 44.0. The maximum atomic E-state index is 13.0. The van der Waals surface area contributed by atoms with Crippen molar-refractivity contribution in [1.82, 2.24) is 19.7 Å². The minimum Gasteiger partial charge on any atom is -0.444 e. The number of ether oxygens (including phenoxy) is 1. The molecule has 3 rings (SSSR count). The quantitative estimate of drug-likeness (QED) is 0.432. The molecule has 0 radical (unpaired) electrons. The molecular formula is C26H35F2N5O7S. The number of nitrogens with two attached hydrogens (primary N) is 1. The lowest BCUT2D eigenvalue weighted by Gasteiger charge is -2.42. The lowest BCUT2D eigenvalue weighted by atomic mass is 9.84. The van der Waals surface area contributed by atoms with Crippen molar-refractivity contribution in [2.75, 3.05) is 27.2 Å². The van der Waals surface area contributed by atoms with Crippen molar-refractivity contribution in [2.45, 2.75) is 68.2 Å². The number of halogens is 2. The first-order chi connectivity index (χ1) is 19.0. The van der Waals surface area contributed by atoms with Crippen LogP contribution in [-0.2, 0) is 36.2 Å². The van der Waals surface area contributed by atoms with Crippen molar-refractivity contribution in [2.24, 2.45) is 5.73 Å². The Bertz CT molecular complexity index is 1380. The fourth-order valence-electron chi connectivity index (χ4n) is 4.50. The summed E-state index contributed by atoms with van der Waals surface area (Å²) in [7, 11) is -1.94. The Balaban J connectivity index is 1.95. The van der Waals surface area contributed by atoms with Crippen molar-refractivity contribution in [3.05, 3.63) is 47.3 Å². The first-order valence-corrected chi connectivity index (χ1v) is 14.3. The third-order valence-corrected chi connectivity index (χ3v) is 8.25. The number of hydroxylamine groups is 2. The fraction of sp³-hybridized carbons (Fsp3) is 0.538. The molecule has 1 aliphatic heterocycles. The number of carbonyl (C=O) groups excluding carboxylic acids is 3. The van der Waals surface area contributed by atoms with E-state index < -0.39 is 43.6 Å². The topological polar surface area (TPSA) is 154 Å². The first-order valence-electron chi connectivity index (χ1n) is 12.8. The number of sulfone groups is 1. The summed E-state index contributed by atoms with van der Waals surface area (Å²) in [5, 5.41) is 5.70. The van der Waals surface area contributed by atoms with Crippen molar-refractivity contribution in [3.8, 4) is 0 Å². The summed E-state index contributed by atoms with van der Waals surface area (Å²) in [6.07, 6.45) is 1.55. The van der Waals surface area contributed by atoms with Gasteiger partial charge in [0.1, 0.15) is 5.60 Å². The number of primary amides is 1. The Morgan fingerprint density at radius 1 is 1.15 bits per heavy atom. The molecule has 1 aromatic heterocycles. The number of hydrogen-bond donors (Lipinski definition) is 1. The van der Waals surface area contributed by atoms with E-state index in [-0.39, 0.29) is 43.1 Å². The molecule has 0 bridgehead atoms. The van der Waals surface area contributed by atoms with E-state index in [1.807, 2.05) is 0 Å². The number of alkyl halides is 2. The van der Waals surface area contributed by atoms with Gasteiger partial charge in [-0.25, -0.2) is 18.3 Å². The van der Waals surface area contributed by atoms with E-state index in [1.165, 1.54) is 37.2 Å². The molecule has 15 heteroatoms. The predicted molar refractivity (Wildman–Crippen MR) is 143 cm³/mol. The zero-order valence-electron chi connectivity index (χ0n) is 23.6. The minimum atomic E-state index is -4.76. The number of carbonyl (C=O) groups is 3. The normalized spacial score (nSPS) is 15.6. The zero-order valence-corrected chi connectivity index (χ0v) is 24.4. The van der Waals surface area contributed by atoms with Gasteiger partial charge in [0.25, 0.3) is 5.91 Å². The summed E-state index contributed by atoms with van der Waals surface area (Å²) in [5.41, 5.74) is 4.84. The van der Waals surface area contributed by atoms with Crippen molar-refractivity contribution < 1.29 is 41.2 Å². The first kappa shape index (κ1) is 31.9. The summed E-state index contributed by atoms with van der Waals surface area (Å²) in [6, 6.07) is 4.83. The van der Waals surface area contributed by atoms with Gasteiger partial charge < -0.3 is 15.4 Å². The van der Waals surface area contributed by atoms with Crippen molar-refractivity contribution >= 4 is 27.7 Å². The number of hydrogen-bond acceptors (Lipinski definition) is 8. The second kappa shape index (κ2) is 12.1. The zero-order chi connectivity index (χ0) is 30.8. The van der Waals surface area contributed by atoms with Crippen molar-refractivity contribution in [3.63, 3.8) is 0 Å². The third kappa shape index (κ3) is 7.38. The molecule has 0 spiro atoms. The molecule has 1 saturated heterocycles. The number of rotatable bonds is 9. The van der Waals surface area contributed by atoms with Crippen LogP contribution in [0.1, 0.15) is 61.6 Å². The van der Waals surface area contributed by atoms with Crippen LogP contribution < -0.4 is 5.73 Å². The smallest absolute Gasteiger partial charge is 0.410 e. The molecule has 0 saturated carbocycles. The second-order valence-corrected chi connectivity index (χ2v) is 12.8. The molecular weight excluding hydrogens is 564 g/mol. The van der Waals surface area contributed by atoms with E-state index in [9.17, 15) is 31.6 Å². The van der Waals surface area contributed by atoms with Gasteiger partial charge in [0.15, 0.2) is 0 Å². The number of piperidine rings is 1. The second-order valence-electron chi connectivity index (χ2n) is 10.9. The molecule has 41 heavy (non-hydrogen) atoms. The SMILES string of the molecule is CON(C)C(=O)CC1(n2cc(C(N)=O)c(Cc3ccc(S(=O)(=O)C(F)F)cc3)n2)CCN(C(=O)OC(C)(C)C)CC1. The van der Waals surface area contributed by atoms with Crippen LogP contribution in [0.25, 0.3) is 0 Å². The summed E-state index contributed by atoms with van der Waals surface area (Å²) in [5.74, 6) is -4.68. The molecule has 3 amide bonds. The lowest BCUT2D eigenvalue weighted by molar-refractivity contribution is -0.171. The van der Waals surface area contributed by atoms with Crippen LogP contribution in [0.15, 0.2) is 35.4 Å². The number of benzene rings is 1. The Hall–Kier alpha value is -3.59. The third-order valence-electron chi connectivity index (χ3n) is 6.85. The van der Waals surface area contributed by atoms with Crippen molar-refractivity contribution in [1.29, 1.82) is 0 Å². The van der Waals surface area contributed by atoms with Crippen LogP contribution in [-0.4, -0.2) is 84.7 Å². The number of amides is 3. The van der Waals surface area contributed by atoms with E-state index in [2.05, 4.69) is 5.10 Å². The van der Waals surface area contributed by atoms with Gasteiger partial charge in [0.2, 0.25) is 15.7 Å². The molecule has 0 aliphatic carbocycles. The summed E-state index contributed by atoms with van der Waals surface area (Å²) in [6.45, 7) is 5.79. The minimum absolute atomic E-state index is 0.0340. The highest BCUT2D eigenvalue weighted by Gasteiger charge is 2.42. The Morgan fingerprint density at radius 3 is 2.22 bits per heavy atom. The Kier molecular flexibility index (Phi) is 9.43. The molecule has 1 aromatic carbocycles. The number of aromatic nitrogens is 2. The monoisotopic (exact) mass is 599 g/mol. The van der Waals surface area contributed by atoms with Gasteiger partial charge in [0, 0.05) is 32.8 Å². The highest BCUT2D eigenvalue weighted by molar-refractivity contribution is 7.91. The summed E-state index contributed by atoms with van der Waals surface area (Å²) >= 11 is 0. The molecule has 226 valence electrons. The van der Waals surface area contributed by atoms with Crippen LogP contribution in [0.5, 0.6) is 0 Å². The maximum absolute atomic E-state index is 13.0. The molecule has 2 N–H and O–H groups in total. The van der Waals surface area contributed by atoms with E-state index >= 15 is 0 Å². The fourth-order valence-corrected chi connectivity index (χ4v) is 5.22. The molecule has 1 fully saturated rings. The molecule has 2 heterocycles. The molecule has 12 nitrogen and oxygen atoms in total. The standard InChI is InChI=1S/C26H35F2N5O7S/c1-25(2,3)40-24(36)32-12-10-26(11-13-32,15-21(34)31(4)39-5)33-16-19(22(29)35)20(30-33)14-17-6-8-18(9-7-17)41(37,38)23(27)28/h6-9,16,23H,10-15H2,1-5H3,(H2,29,35). The lowest BCUT2D eigenvalue weighted by Crippen LogP contribution is -2.51. The van der Waals surface area contributed by atoms with Crippen LogP contribution >= 0.6 is 0 Å². The average Bonchev–Trinajstić information content (AvgIpc) is 3.32. The van der Waals surface area contributed by atoms with Gasteiger partial charge in [-0.05, 0) is 51.3 Å². The van der Waals surface area contributed by atoms with Crippen LogP contribution in [0.4, 0.5) is 13.6 Å². The number of nitrogens with zero attached hydrogens (tertiary/aromatic N) is 4. The van der Waals surface area contributed by atoms with Gasteiger partial charge in [-0.2, -0.15) is 13.9 Å². The predicted octanol–water partition coefficient (Wildman–Crippen LogP) is 2.71. The average molecular weight is 600 g/mol. The summed E-state index contributed by atoms with van der Waals surface area (Å²) < 4.78 is 56.3. The van der Waals surface area contributed by atoms with Gasteiger partial charge in [0.05, 0.1) is 35.2 Å². The van der Waals surface area contributed by atoms with E-state index in [0.717, 1.165) is 17.2 Å².